The first-order valence-corrected chi connectivity index (χ1v) is 11.3. The number of carbonyl (C=O) groups is 1. The lowest BCUT2D eigenvalue weighted by Gasteiger charge is -2.29. The van der Waals surface area contributed by atoms with Gasteiger partial charge in [0.15, 0.2) is 0 Å². The van der Waals surface area contributed by atoms with Crippen molar-refractivity contribution in [1.29, 1.82) is 0 Å². The average molecular weight is 413 g/mol. The molecule has 0 saturated carbocycles. The molecule has 1 aliphatic heterocycles. The first-order chi connectivity index (χ1) is 14.7. The molecule has 150 valence electrons. The van der Waals surface area contributed by atoms with Gasteiger partial charge in [-0.05, 0) is 47.7 Å². The van der Waals surface area contributed by atoms with Crippen LogP contribution >= 0.6 is 11.3 Å². The molecule has 0 saturated heterocycles. The van der Waals surface area contributed by atoms with Gasteiger partial charge in [-0.2, -0.15) is 0 Å². The van der Waals surface area contributed by atoms with Gasteiger partial charge in [-0.25, -0.2) is 4.98 Å². The van der Waals surface area contributed by atoms with Crippen LogP contribution < -0.4 is 4.90 Å². The van der Waals surface area contributed by atoms with Crippen LogP contribution in [0.3, 0.4) is 0 Å². The number of amides is 1. The zero-order valence-electron chi connectivity index (χ0n) is 17.1. The lowest BCUT2D eigenvalue weighted by Crippen LogP contribution is -2.36. The van der Waals surface area contributed by atoms with Crippen molar-refractivity contribution in [1.82, 2.24) is 4.98 Å². The van der Waals surface area contributed by atoms with Crippen molar-refractivity contribution in [2.24, 2.45) is 0 Å². The van der Waals surface area contributed by atoms with E-state index in [1.54, 1.807) is 11.3 Å². The minimum absolute atomic E-state index is 0.172. The zero-order valence-corrected chi connectivity index (χ0v) is 17.9. The molecule has 1 amide bonds. The standard InChI is InChI=1S/C26H24N2OS/c1-18-24(17-26(29)28-15-7-12-20-9-3-5-14-23(20)28)30-25(27-18)16-21-11-6-10-19-8-2-4-13-22(19)21/h2-6,8-11,13-14H,7,12,15-17H2,1H3. The van der Waals surface area contributed by atoms with Crippen LogP contribution in [0.15, 0.2) is 66.7 Å². The van der Waals surface area contributed by atoms with Gasteiger partial charge in [0.05, 0.1) is 17.1 Å². The Hall–Kier alpha value is -2.98. The van der Waals surface area contributed by atoms with E-state index in [1.165, 1.54) is 21.9 Å². The summed E-state index contributed by atoms with van der Waals surface area (Å²) in [6.07, 6.45) is 3.30. The Morgan fingerprint density at radius 3 is 2.77 bits per heavy atom. The molecule has 1 aromatic heterocycles. The fourth-order valence-corrected chi connectivity index (χ4v) is 5.45. The number of aryl methyl sites for hydroxylation is 2. The van der Waals surface area contributed by atoms with Crippen LogP contribution in [0.25, 0.3) is 10.8 Å². The van der Waals surface area contributed by atoms with Gasteiger partial charge in [-0.3, -0.25) is 4.79 Å². The Kier molecular flexibility index (Phi) is 5.09. The van der Waals surface area contributed by atoms with Crippen LogP contribution in [-0.4, -0.2) is 17.4 Å². The number of hydrogen-bond donors (Lipinski definition) is 0. The molecule has 0 atom stereocenters. The fourth-order valence-electron chi connectivity index (χ4n) is 4.36. The Bertz CT molecular complexity index is 1220. The van der Waals surface area contributed by atoms with Gasteiger partial charge >= 0.3 is 0 Å². The Morgan fingerprint density at radius 1 is 1.03 bits per heavy atom. The van der Waals surface area contributed by atoms with Gasteiger partial charge in [-0.15, -0.1) is 11.3 Å². The molecular weight excluding hydrogens is 388 g/mol. The summed E-state index contributed by atoms with van der Waals surface area (Å²) in [5.74, 6) is 0.172. The molecule has 0 fully saturated rings. The number of thiazole rings is 1. The molecule has 0 N–H and O–H groups in total. The summed E-state index contributed by atoms with van der Waals surface area (Å²) in [6, 6.07) is 23.2. The fraction of sp³-hybridized carbons (Fsp3) is 0.231. The van der Waals surface area contributed by atoms with Gasteiger partial charge < -0.3 is 4.90 Å². The van der Waals surface area contributed by atoms with Crippen molar-refractivity contribution in [3.8, 4) is 0 Å². The second-order valence-corrected chi connectivity index (χ2v) is 9.05. The summed E-state index contributed by atoms with van der Waals surface area (Å²) in [6.45, 7) is 2.83. The van der Waals surface area contributed by atoms with Gasteiger partial charge in [0.2, 0.25) is 5.91 Å². The highest BCUT2D eigenvalue weighted by Crippen LogP contribution is 2.29. The van der Waals surface area contributed by atoms with E-state index in [4.69, 9.17) is 4.98 Å². The predicted octanol–water partition coefficient (Wildman–Crippen LogP) is 5.72. The van der Waals surface area contributed by atoms with Crippen LogP contribution in [0.4, 0.5) is 5.69 Å². The third-order valence-corrected chi connectivity index (χ3v) is 7.04. The Balaban J connectivity index is 1.37. The maximum absolute atomic E-state index is 13.1. The lowest BCUT2D eigenvalue weighted by molar-refractivity contribution is -0.118. The van der Waals surface area contributed by atoms with Crippen molar-refractivity contribution in [2.45, 2.75) is 32.6 Å². The van der Waals surface area contributed by atoms with E-state index in [0.29, 0.717) is 6.42 Å². The number of nitrogens with zero attached hydrogens (tertiary/aromatic N) is 2. The number of fused-ring (bicyclic) bond motifs is 2. The SMILES string of the molecule is Cc1nc(Cc2cccc3ccccc23)sc1CC(=O)N1CCCc2ccccc21. The summed E-state index contributed by atoms with van der Waals surface area (Å²) in [4.78, 5) is 21.0. The topological polar surface area (TPSA) is 33.2 Å². The Labute approximate surface area is 181 Å². The molecule has 0 aliphatic carbocycles. The third kappa shape index (κ3) is 3.63. The highest BCUT2D eigenvalue weighted by Gasteiger charge is 2.23. The van der Waals surface area contributed by atoms with E-state index < -0.39 is 0 Å². The van der Waals surface area contributed by atoms with E-state index in [9.17, 15) is 4.79 Å². The van der Waals surface area contributed by atoms with E-state index in [2.05, 4.69) is 60.7 Å². The van der Waals surface area contributed by atoms with Crippen molar-refractivity contribution in [2.75, 3.05) is 11.4 Å². The van der Waals surface area contributed by atoms with Crippen molar-refractivity contribution >= 4 is 33.7 Å². The number of hydrogen-bond acceptors (Lipinski definition) is 3. The summed E-state index contributed by atoms with van der Waals surface area (Å²) in [5.41, 5.74) is 4.61. The normalized spacial score (nSPS) is 13.4. The molecule has 0 spiro atoms. The minimum atomic E-state index is 0.172. The van der Waals surface area contributed by atoms with Crippen molar-refractivity contribution < 1.29 is 4.79 Å². The molecule has 4 heteroatoms. The predicted molar refractivity (Wildman–Crippen MR) is 124 cm³/mol. The highest BCUT2D eigenvalue weighted by molar-refractivity contribution is 7.11. The first-order valence-electron chi connectivity index (χ1n) is 10.5. The van der Waals surface area contributed by atoms with E-state index >= 15 is 0 Å². The lowest BCUT2D eigenvalue weighted by atomic mass is 10.0. The zero-order chi connectivity index (χ0) is 20.5. The first kappa shape index (κ1) is 19.0. The highest BCUT2D eigenvalue weighted by atomic mass is 32.1. The second kappa shape index (κ2) is 8.04. The van der Waals surface area contributed by atoms with Gasteiger partial charge in [0.1, 0.15) is 0 Å². The second-order valence-electron chi connectivity index (χ2n) is 7.89. The number of anilines is 1. The van der Waals surface area contributed by atoms with Gasteiger partial charge in [0.25, 0.3) is 0 Å². The van der Waals surface area contributed by atoms with Crippen LogP contribution in [-0.2, 0) is 24.1 Å². The quantitative estimate of drug-likeness (QED) is 0.430. The smallest absolute Gasteiger partial charge is 0.232 e. The molecule has 0 unspecified atom stereocenters. The van der Waals surface area contributed by atoms with Crippen LogP contribution in [0.1, 0.15) is 33.1 Å². The molecule has 0 radical (unpaired) electrons. The maximum Gasteiger partial charge on any atom is 0.232 e. The minimum Gasteiger partial charge on any atom is -0.312 e. The monoisotopic (exact) mass is 412 g/mol. The number of benzene rings is 3. The van der Waals surface area contributed by atoms with Crippen molar-refractivity contribution in [3.63, 3.8) is 0 Å². The molecule has 4 aromatic rings. The molecule has 1 aliphatic rings. The molecule has 3 nitrogen and oxygen atoms in total. The summed E-state index contributed by atoms with van der Waals surface area (Å²) in [5, 5.41) is 3.60. The summed E-state index contributed by atoms with van der Waals surface area (Å²) >= 11 is 1.68. The molecule has 5 rings (SSSR count). The summed E-state index contributed by atoms with van der Waals surface area (Å²) in [7, 11) is 0. The van der Waals surface area contributed by atoms with E-state index in [-0.39, 0.29) is 5.91 Å². The largest absolute Gasteiger partial charge is 0.312 e. The van der Waals surface area contributed by atoms with Gasteiger partial charge in [0, 0.05) is 23.5 Å². The average Bonchev–Trinajstić information content (AvgIpc) is 3.12. The van der Waals surface area contributed by atoms with Gasteiger partial charge in [-0.1, -0.05) is 60.7 Å². The third-order valence-electron chi connectivity index (χ3n) is 5.88. The molecule has 3 aromatic carbocycles. The number of carbonyl (C=O) groups excluding carboxylic acids is 1. The van der Waals surface area contributed by atoms with Crippen LogP contribution in [0.2, 0.25) is 0 Å². The molecule has 2 heterocycles. The number of aromatic nitrogens is 1. The number of rotatable bonds is 4. The summed E-state index contributed by atoms with van der Waals surface area (Å²) < 4.78 is 0. The maximum atomic E-state index is 13.1. The molecule has 0 bridgehead atoms. The van der Waals surface area contributed by atoms with Crippen LogP contribution in [0, 0.1) is 6.92 Å². The van der Waals surface area contributed by atoms with E-state index in [0.717, 1.165) is 47.1 Å². The van der Waals surface area contributed by atoms with Crippen LogP contribution in [0.5, 0.6) is 0 Å². The van der Waals surface area contributed by atoms with Crippen molar-refractivity contribution in [3.05, 3.63) is 93.4 Å². The molecule has 30 heavy (non-hydrogen) atoms. The Morgan fingerprint density at radius 2 is 1.83 bits per heavy atom. The number of para-hydroxylation sites is 1. The molecular formula is C26H24N2OS. The van der Waals surface area contributed by atoms with E-state index in [1.807, 2.05) is 17.9 Å².